The Labute approximate surface area is 202 Å². The molecule has 1 aliphatic rings. The van der Waals surface area contributed by atoms with Crippen molar-refractivity contribution in [1.29, 1.82) is 0 Å². The molecule has 2 unspecified atom stereocenters. The van der Waals surface area contributed by atoms with Crippen LogP contribution in [0.15, 0.2) is 90.5 Å². The second-order valence-electron chi connectivity index (χ2n) is 11.1. The van der Waals surface area contributed by atoms with Crippen LogP contribution < -0.4 is 4.98 Å². The molecule has 0 saturated heterocycles. The highest BCUT2D eigenvalue weighted by molar-refractivity contribution is 6.80. The molecule has 3 aromatic carbocycles. The van der Waals surface area contributed by atoms with Gasteiger partial charge in [-0.1, -0.05) is 97.0 Å². The van der Waals surface area contributed by atoms with E-state index in [-0.39, 0.29) is 5.54 Å². The molecule has 2 heteroatoms. The molecule has 0 amide bonds. The second-order valence-corrected chi connectivity index (χ2v) is 15.3. The fourth-order valence-electron chi connectivity index (χ4n) is 6.04. The Morgan fingerprint density at radius 1 is 0.758 bits per heavy atom. The first-order chi connectivity index (χ1) is 15.7. The minimum atomic E-state index is -2.11. The van der Waals surface area contributed by atoms with Gasteiger partial charge in [-0.3, -0.25) is 0 Å². The van der Waals surface area contributed by atoms with Crippen molar-refractivity contribution in [3.8, 4) is 0 Å². The monoisotopic (exact) mass is 453 g/mol. The molecule has 1 nitrogen and oxygen atoms in total. The van der Waals surface area contributed by atoms with Crippen molar-refractivity contribution in [1.82, 2.24) is 4.98 Å². The highest BCUT2D eigenvalue weighted by Gasteiger charge is 2.49. The topological polar surface area (TPSA) is 12.0 Å². The van der Waals surface area contributed by atoms with Gasteiger partial charge in [0.05, 0.1) is 0 Å². The molecule has 0 aromatic heterocycles. The van der Waals surface area contributed by atoms with Gasteiger partial charge in [0.2, 0.25) is 0 Å². The van der Waals surface area contributed by atoms with Crippen LogP contribution in [0, 0.1) is 0 Å². The molecule has 1 N–H and O–H groups in total. The summed E-state index contributed by atoms with van der Waals surface area (Å²) >= 11 is 0. The predicted octanol–water partition coefficient (Wildman–Crippen LogP) is 7.94. The van der Waals surface area contributed by atoms with Gasteiger partial charge in [-0.25, -0.2) is 0 Å². The standard InChI is InChI=1S/C31H39NSi/c1-23-24(2)30(29-20-14-13-19-28(23)29)33(6,32-31(3,4)5)27(21-25-15-9-7-10-16-25)22-26-17-11-8-12-18-26/h7-20,27,30,32H,21-22H2,1-6H3. The van der Waals surface area contributed by atoms with Gasteiger partial charge in [0.1, 0.15) is 8.24 Å². The van der Waals surface area contributed by atoms with Crippen LogP contribution in [0.1, 0.15) is 62.4 Å². The van der Waals surface area contributed by atoms with Crippen molar-refractivity contribution >= 4 is 13.8 Å². The van der Waals surface area contributed by atoms with Crippen LogP contribution in [0.4, 0.5) is 0 Å². The van der Waals surface area contributed by atoms with E-state index in [2.05, 4.69) is 131 Å². The number of benzene rings is 3. The number of allylic oxidation sites excluding steroid dienone is 2. The van der Waals surface area contributed by atoms with E-state index < -0.39 is 8.24 Å². The molecule has 0 radical (unpaired) electrons. The van der Waals surface area contributed by atoms with Gasteiger partial charge in [-0.15, -0.1) is 0 Å². The number of hydrogen-bond acceptors (Lipinski definition) is 1. The highest BCUT2D eigenvalue weighted by Crippen LogP contribution is 2.50. The van der Waals surface area contributed by atoms with E-state index in [1.165, 1.54) is 27.8 Å². The van der Waals surface area contributed by atoms with Gasteiger partial charge in [0, 0.05) is 11.1 Å². The lowest BCUT2D eigenvalue weighted by Gasteiger charge is -2.47. The zero-order valence-electron chi connectivity index (χ0n) is 21.2. The van der Waals surface area contributed by atoms with E-state index in [9.17, 15) is 0 Å². The van der Waals surface area contributed by atoms with Crippen LogP contribution in [0.2, 0.25) is 12.1 Å². The number of rotatable bonds is 7. The maximum absolute atomic E-state index is 4.31. The number of fused-ring (bicyclic) bond motifs is 1. The average Bonchev–Trinajstić information content (AvgIpc) is 3.04. The van der Waals surface area contributed by atoms with E-state index >= 15 is 0 Å². The highest BCUT2D eigenvalue weighted by atomic mass is 28.3. The lowest BCUT2D eigenvalue weighted by molar-refractivity contribution is 0.495. The normalized spacial score (nSPS) is 17.8. The van der Waals surface area contributed by atoms with E-state index in [0.717, 1.165) is 12.8 Å². The van der Waals surface area contributed by atoms with Crippen molar-refractivity contribution in [3.63, 3.8) is 0 Å². The summed E-state index contributed by atoms with van der Waals surface area (Å²) in [5, 5.41) is 0. The maximum atomic E-state index is 4.31. The summed E-state index contributed by atoms with van der Waals surface area (Å²) in [7, 11) is -2.11. The van der Waals surface area contributed by atoms with Crippen LogP contribution in [-0.2, 0) is 12.8 Å². The fraction of sp³-hybridized carbons (Fsp3) is 0.355. The summed E-state index contributed by atoms with van der Waals surface area (Å²) in [5.41, 5.74) is 9.99. The van der Waals surface area contributed by atoms with Crippen LogP contribution in [0.5, 0.6) is 0 Å². The Hall–Kier alpha value is -2.42. The molecule has 0 spiro atoms. The van der Waals surface area contributed by atoms with E-state index in [1.54, 1.807) is 5.57 Å². The van der Waals surface area contributed by atoms with Crippen LogP contribution in [-0.4, -0.2) is 13.8 Å². The quantitative estimate of drug-likeness (QED) is 0.358. The van der Waals surface area contributed by atoms with Crippen LogP contribution in [0.25, 0.3) is 5.57 Å². The molecule has 1 aliphatic carbocycles. The molecule has 4 rings (SSSR count). The molecule has 33 heavy (non-hydrogen) atoms. The maximum Gasteiger partial charge on any atom is 0.138 e. The third-order valence-electron chi connectivity index (χ3n) is 7.44. The predicted molar refractivity (Wildman–Crippen MR) is 146 cm³/mol. The van der Waals surface area contributed by atoms with Crippen molar-refractivity contribution in [2.75, 3.05) is 0 Å². The molecular formula is C31H39NSi. The number of nitrogens with one attached hydrogen (secondary N) is 1. The van der Waals surface area contributed by atoms with Gasteiger partial charge in [-0.05, 0) is 80.8 Å². The summed E-state index contributed by atoms with van der Waals surface area (Å²) in [5.74, 6) is 0. The molecule has 0 fully saturated rings. The minimum Gasteiger partial charge on any atom is -0.332 e. The van der Waals surface area contributed by atoms with Gasteiger partial charge < -0.3 is 4.98 Å². The van der Waals surface area contributed by atoms with Crippen LogP contribution >= 0.6 is 0 Å². The molecule has 0 aliphatic heterocycles. The molecule has 172 valence electrons. The van der Waals surface area contributed by atoms with Gasteiger partial charge in [-0.2, -0.15) is 0 Å². The van der Waals surface area contributed by atoms with E-state index in [1.807, 2.05) is 0 Å². The SMILES string of the molecule is CC1=C(C)C([Si](C)(NC(C)(C)C)C(Cc2ccccc2)Cc2ccccc2)c2ccccc21. The zero-order chi connectivity index (χ0) is 23.6. The van der Waals surface area contributed by atoms with Crippen molar-refractivity contribution in [2.24, 2.45) is 0 Å². The lowest BCUT2D eigenvalue weighted by atomic mass is 10.0. The number of hydrogen-bond donors (Lipinski definition) is 1. The van der Waals surface area contributed by atoms with Crippen molar-refractivity contribution in [3.05, 3.63) is 113 Å². The smallest absolute Gasteiger partial charge is 0.138 e. The van der Waals surface area contributed by atoms with E-state index in [4.69, 9.17) is 0 Å². The van der Waals surface area contributed by atoms with Gasteiger partial charge >= 0.3 is 0 Å². The largest absolute Gasteiger partial charge is 0.332 e. The fourth-order valence-corrected chi connectivity index (χ4v) is 11.8. The first-order valence-corrected chi connectivity index (χ1v) is 15.0. The summed E-state index contributed by atoms with van der Waals surface area (Å²) in [6, 6.07) is 31.4. The zero-order valence-corrected chi connectivity index (χ0v) is 22.2. The van der Waals surface area contributed by atoms with E-state index in [0.29, 0.717) is 11.1 Å². The van der Waals surface area contributed by atoms with Crippen molar-refractivity contribution in [2.45, 2.75) is 70.6 Å². The Balaban J connectivity index is 1.86. The Morgan fingerprint density at radius 3 is 1.76 bits per heavy atom. The Kier molecular flexibility index (Phi) is 6.79. The summed E-state index contributed by atoms with van der Waals surface area (Å²) in [6.45, 7) is 14.4. The third kappa shape index (κ3) is 5.07. The second kappa shape index (κ2) is 9.44. The Morgan fingerprint density at radius 2 is 1.24 bits per heavy atom. The van der Waals surface area contributed by atoms with Crippen LogP contribution in [0.3, 0.4) is 0 Å². The summed E-state index contributed by atoms with van der Waals surface area (Å²) in [4.78, 5) is 4.31. The molecule has 0 saturated carbocycles. The Bertz CT molecular complexity index is 1070. The third-order valence-corrected chi connectivity index (χ3v) is 12.8. The molecule has 0 heterocycles. The lowest BCUT2D eigenvalue weighted by Crippen LogP contribution is -2.63. The van der Waals surface area contributed by atoms with Gasteiger partial charge in [0.25, 0.3) is 0 Å². The first-order valence-electron chi connectivity index (χ1n) is 12.3. The summed E-state index contributed by atoms with van der Waals surface area (Å²) in [6.07, 6.45) is 2.21. The molecular weight excluding hydrogens is 414 g/mol. The minimum absolute atomic E-state index is 0.0539. The molecule has 2 atom stereocenters. The molecule has 0 bridgehead atoms. The van der Waals surface area contributed by atoms with Crippen molar-refractivity contribution < 1.29 is 0 Å². The summed E-state index contributed by atoms with van der Waals surface area (Å²) < 4.78 is 0. The van der Waals surface area contributed by atoms with Gasteiger partial charge in [0.15, 0.2) is 0 Å². The first kappa shape index (κ1) is 23.7. The molecule has 3 aromatic rings. The average molecular weight is 454 g/mol.